The number of carbonyl (C=O) groups excluding carboxylic acids is 2. The highest BCUT2D eigenvalue weighted by atomic mass is 35.5. The molecule has 0 aliphatic rings. The Bertz CT molecular complexity index is 1070. The molecule has 0 bridgehead atoms. The molecule has 148 valence electrons. The number of alkyl halides is 3. The Hall–Kier alpha value is -3.08. The lowest BCUT2D eigenvalue weighted by molar-refractivity contribution is 0.0867. The minimum Gasteiger partial charge on any atom is -0.354 e. The van der Waals surface area contributed by atoms with Crippen LogP contribution < -0.4 is 10.6 Å². The van der Waals surface area contributed by atoms with Gasteiger partial charge in [0.15, 0.2) is 17.0 Å². The van der Waals surface area contributed by atoms with Crippen LogP contribution in [0.3, 0.4) is 0 Å². The minimum absolute atomic E-state index is 0.0171. The van der Waals surface area contributed by atoms with Crippen LogP contribution in [0.2, 0.25) is 0 Å². The Kier molecular flexibility index (Phi) is 5.02. The smallest absolute Gasteiger partial charge is 0.354 e. The maximum absolute atomic E-state index is 13.7. The second-order valence-corrected chi connectivity index (χ2v) is 6.34. The van der Waals surface area contributed by atoms with Crippen LogP contribution >= 0.6 is 11.6 Å². The van der Waals surface area contributed by atoms with E-state index >= 15 is 0 Å². The van der Waals surface area contributed by atoms with Crippen LogP contribution in [-0.2, 0) is 11.9 Å². The highest BCUT2D eigenvalue weighted by Gasteiger charge is 2.33. The highest BCUT2D eigenvalue weighted by Crippen LogP contribution is 2.32. The Morgan fingerprint density at radius 1 is 1.25 bits per heavy atom. The zero-order valence-electron chi connectivity index (χ0n) is 15.1. The molecule has 0 radical (unpaired) electrons. The molecule has 0 fully saturated rings. The van der Waals surface area contributed by atoms with Crippen molar-refractivity contribution in [2.75, 3.05) is 12.4 Å². The minimum atomic E-state index is -3.69. The number of nitrogens with one attached hydrogen (secondary N) is 2. The monoisotopic (exact) mass is 411 g/mol. The summed E-state index contributed by atoms with van der Waals surface area (Å²) in [5.41, 5.74) is -0.274. The Morgan fingerprint density at radius 2 is 1.96 bits per heavy atom. The Balaban J connectivity index is 1.99. The zero-order chi connectivity index (χ0) is 20.6. The normalized spacial score (nSPS) is 11.6. The first-order valence-electron chi connectivity index (χ1n) is 8.19. The number of aromatic nitrogens is 5. The van der Waals surface area contributed by atoms with Crippen molar-refractivity contribution in [2.45, 2.75) is 25.8 Å². The van der Waals surface area contributed by atoms with E-state index in [-0.39, 0.29) is 22.7 Å². The van der Waals surface area contributed by atoms with Crippen LogP contribution in [0.4, 0.5) is 14.5 Å². The predicted molar refractivity (Wildman–Crippen MR) is 96.7 cm³/mol. The van der Waals surface area contributed by atoms with Gasteiger partial charge in [-0.15, -0.1) is 0 Å². The average Bonchev–Trinajstić information content (AvgIpc) is 3.23. The van der Waals surface area contributed by atoms with Crippen LogP contribution in [-0.4, -0.2) is 43.2 Å². The van der Waals surface area contributed by atoms with Crippen molar-refractivity contribution in [1.82, 2.24) is 29.7 Å². The number of hydrogen-bond donors (Lipinski definition) is 2. The molecule has 3 rings (SSSR count). The first-order chi connectivity index (χ1) is 13.1. The number of halogens is 3. The molecule has 0 aromatic carbocycles. The molecule has 0 saturated heterocycles. The van der Waals surface area contributed by atoms with E-state index in [0.717, 1.165) is 10.6 Å². The molecule has 12 heteroatoms. The van der Waals surface area contributed by atoms with Crippen LogP contribution in [0, 0.1) is 6.92 Å². The molecule has 0 atom stereocenters. The lowest BCUT2D eigenvalue weighted by atomic mass is 10.3. The number of hydrogen-bond acceptors (Lipinski definition) is 5. The van der Waals surface area contributed by atoms with Crippen LogP contribution in [0.15, 0.2) is 18.3 Å². The Labute approximate surface area is 162 Å². The van der Waals surface area contributed by atoms with Gasteiger partial charge in [-0.1, -0.05) is 0 Å². The van der Waals surface area contributed by atoms with Gasteiger partial charge in [-0.2, -0.15) is 19.0 Å². The molecular weight excluding hydrogens is 396 g/mol. The number of nitrogens with zero attached hydrogens (tertiary/aromatic N) is 5. The van der Waals surface area contributed by atoms with Crippen LogP contribution in [0.1, 0.15) is 39.3 Å². The van der Waals surface area contributed by atoms with Gasteiger partial charge in [0.2, 0.25) is 0 Å². The standard InChI is InChI=1S/C16H16ClF2N7O2/c1-4-25-7-10(13(24-25)15(28)20-3)22-14(27)9-6-12-21-8(2)5-11(16(17,18)19)26(12)23-9/h5-7H,4H2,1-3H3,(H,20,28)(H,22,27). The molecule has 3 heterocycles. The third-order valence-corrected chi connectivity index (χ3v) is 4.05. The first-order valence-corrected chi connectivity index (χ1v) is 8.57. The lowest BCUT2D eigenvalue weighted by Gasteiger charge is -2.10. The molecule has 0 saturated carbocycles. The molecule has 2 N–H and O–H groups in total. The summed E-state index contributed by atoms with van der Waals surface area (Å²) in [4.78, 5) is 28.6. The fourth-order valence-corrected chi connectivity index (χ4v) is 2.69. The van der Waals surface area contributed by atoms with E-state index in [9.17, 15) is 18.4 Å². The number of amides is 2. The maximum Gasteiger partial charge on any atom is 0.364 e. The number of rotatable bonds is 5. The molecule has 3 aromatic heterocycles. The summed E-state index contributed by atoms with van der Waals surface area (Å²) in [6.45, 7) is 3.81. The van der Waals surface area contributed by atoms with Crippen molar-refractivity contribution < 1.29 is 18.4 Å². The van der Waals surface area contributed by atoms with Crippen LogP contribution in [0.5, 0.6) is 0 Å². The van der Waals surface area contributed by atoms with Crippen molar-refractivity contribution in [2.24, 2.45) is 0 Å². The van der Waals surface area contributed by atoms with E-state index in [1.807, 2.05) is 6.92 Å². The van der Waals surface area contributed by atoms with Gasteiger partial charge in [0.25, 0.3) is 11.8 Å². The molecule has 28 heavy (non-hydrogen) atoms. The summed E-state index contributed by atoms with van der Waals surface area (Å²) in [7, 11) is 1.43. The quantitative estimate of drug-likeness (QED) is 0.626. The second kappa shape index (κ2) is 7.15. The molecule has 9 nitrogen and oxygen atoms in total. The molecular formula is C16H16ClF2N7O2. The number of carbonyl (C=O) groups is 2. The number of aryl methyl sites for hydroxylation is 2. The van der Waals surface area contributed by atoms with Gasteiger partial charge in [0, 0.05) is 31.5 Å². The van der Waals surface area contributed by atoms with Crippen molar-refractivity contribution in [3.63, 3.8) is 0 Å². The summed E-state index contributed by atoms with van der Waals surface area (Å²) < 4.78 is 29.6. The van der Waals surface area contributed by atoms with Gasteiger partial charge < -0.3 is 10.6 Å². The highest BCUT2D eigenvalue weighted by molar-refractivity contribution is 6.21. The largest absolute Gasteiger partial charge is 0.364 e. The Morgan fingerprint density at radius 3 is 2.57 bits per heavy atom. The zero-order valence-corrected chi connectivity index (χ0v) is 15.9. The lowest BCUT2D eigenvalue weighted by Crippen LogP contribution is -2.21. The van der Waals surface area contributed by atoms with E-state index in [0.29, 0.717) is 12.2 Å². The summed E-state index contributed by atoms with van der Waals surface area (Å²) in [5.74, 6) is -1.20. The van der Waals surface area contributed by atoms with Gasteiger partial charge in [-0.3, -0.25) is 14.3 Å². The summed E-state index contributed by atoms with van der Waals surface area (Å²) in [5, 5.41) is 9.23. The molecule has 0 unspecified atom stereocenters. The third kappa shape index (κ3) is 3.65. The van der Waals surface area contributed by atoms with E-state index in [1.165, 1.54) is 30.9 Å². The topological polar surface area (TPSA) is 106 Å². The average molecular weight is 412 g/mol. The summed E-state index contributed by atoms with van der Waals surface area (Å²) >= 11 is 5.14. The van der Waals surface area contributed by atoms with E-state index < -0.39 is 22.9 Å². The van der Waals surface area contributed by atoms with Gasteiger partial charge in [-0.05, 0) is 31.5 Å². The number of fused-ring (bicyclic) bond motifs is 1. The fraction of sp³-hybridized carbons (Fsp3) is 0.312. The van der Waals surface area contributed by atoms with E-state index in [4.69, 9.17) is 11.6 Å². The van der Waals surface area contributed by atoms with Crippen molar-refractivity contribution in [3.8, 4) is 0 Å². The summed E-state index contributed by atoms with van der Waals surface area (Å²) in [6, 6.07) is 2.34. The van der Waals surface area contributed by atoms with Gasteiger partial charge in [0.1, 0.15) is 5.69 Å². The SMILES string of the molecule is CCn1cc(NC(=O)c2cc3nc(C)cc(C(F)(F)Cl)n3n2)c(C(=O)NC)n1. The van der Waals surface area contributed by atoms with Crippen molar-refractivity contribution in [3.05, 3.63) is 41.1 Å². The van der Waals surface area contributed by atoms with Crippen LogP contribution in [0.25, 0.3) is 5.65 Å². The third-order valence-electron chi connectivity index (χ3n) is 3.85. The second-order valence-electron chi connectivity index (χ2n) is 5.86. The molecule has 0 aliphatic carbocycles. The number of anilines is 1. The molecule has 2 amide bonds. The first kappa shape index (κ1) is 19.7. The van der Waals surface area contributed by atoms with Gasteiger partial charge in [0.05, 0.1) is 5.69 Å². The van der Waals surface area contributed by atoms with Crippen molar-refractivity contribution in [1.29, 1.82) is 0 Å². The maximum atomic E-state index is 13.7. The van der Waals surface area contributed by atoms with E-state index in [2.05, 4.69) is 25.8 Å². The molecule has 3 aromatic rings. The van der Waals surface area contributed by atoms with Gasteiger partial charge in [-0.25, -0.2) is 9.50 Å². The summed E-state index contributed by atoms with van der Waals surface area (Å²) in [6.07, 6.45) is 1.49. The van der Waals surface area contributed by atoms with Crippen molar-refractivity contribution >= 4 is 34.7 Å². The van der Waals surface area contributed by atoms with E-state index in [1.54, 1.807) is 0 Å². The van der Waals surface area contributed by atoms with Gasteiger partial charge >= 0.3 is 5.38 Å². The molecule has 0 aliphatic heterocycles. The molecule has 0 spiro atoms. The predicted octanol–water partition coefficient (Wildman–Crippen LogP) is 2.15. The fourth-order valence-electron chi connectivity index (χ4n) is 2.56.